The zero-order chi connectivity index (χ0) is 18.1. The molecule has 3 rings (SSSR count). The van der Waals surface area contributed by atoms with Crippen molar-refractivity contribution in [2.75, 3.05) is 37.8 Å². The molecular formula is C16H15FN2O6. The van der Waals surface area contributed by atoms with Gasteiger partial charge in [-0.25, -0.2) is 14.0 Å². The third-order valence-corrected chi connectivity index (χ3v) is 3.92. The van der Waals surface area contributed by atoms with Gasteiger partial charge in [0, 0.05) is 5.69 Å². The Hall–Kier alpha value is -2.94. The number of ether oxygens (including phenoxy) is 3. The number of anilines is 2. The number of methoxy groups -OCH3 is 2. The third-order valence-electron chi connectivity index (χ3n) is 3.92. The lowest BCUT2D eigenvalue weighted by atomic mass is 10.1. The van der Waals surface area contributed by atoms with Crippen molar-refractivity contribution in [3.63, 3.8) is 0 Å². The molecule has 0 radical (unpaired) electrons. The molecule has 9 heteroatoms. The van der Waals surface area contributed by atoms with Gasteiger partial charge in [-0.1, -0.05) is 0 Å². The van der Waals surface area contributed by atoms with Crippen molar-refractivity contribution in [3.8, 4) is 0 Å². The summed E-state index contributed by atoms with van der Waals surface area (Å²) in [6.45, 7) is -0.342. The van der Waals surface area contributed by atoms with Crippen LogP contribution in [0.5, 0.6) is 0 Å². The highest BCUT2D eigenvalue weighted by Gasteiger charge is 2.34. The van der Waals surface area contributed by atoms with Crippen LogP contribution in [0.4, 0.5) is 15.8 Å². The number of rotatable bonds is 3. The highest BCUT2D eigenvalue weighted by Crippen LogP contribution is 2.34. The van der Waals surface area contributed by atoms with Crippen molar-refractivity contribution in [1.29, 1.82) is 0 Å². The van der Waals surface area contributed by atoms with Gasteiger partial charge in [0.1, 0.15) is 18.2 Å². The number of esters is 2. The lowest BCUT2D eigenvalue weighted by molar-refractivity contribution is -0.140. The summed E-state index contributed by atoms with van der Waals surface area (Å²) in [5, 5.41) is 2.61. The summed E-state index contributed by atoms with van der Waals surface area (Å²) in [4.78, 5) is 36.8. The van der Waals surface area contributed by atoms with Gasteiger partial charge in [0.2, 0.25) is 5.91 Å². The molecule has 132 valence electrons. The minimum Gasteiger partial charge on any atom is -0.466 e. The van der Waals surface area contributed by atoms with Crippen LogP contribution in [-0.4, -0.2) is 45.4 Å². The first-order chi connectivity index (χ1) is 12.0. The lowest BCUT2D eigenvalue weighted by Crippen LogP contribution is -2.39. The summed E-state index contributed by atoms with van der Waals surface area (Å²) in [6, 6.07) is 2.60. The van der Waals surface area contributed by atoms with Crippen LogP contribution in [0.3, 0.4) is 0 Å². The predicted octanol–water partition coefficient (Wildman–Crippen LogP) is 0.714. The summed E-state index contributed by atoms with van der Waals surface area (Å²) in [7, 11) is 2.31. The van der Waals surface area contributed by atoms with E-state index >= 15 is 0 Å². The topological polar surface area (TPSA) is 94.2 Å². The van der Waals surface area contributed by atoms with Gasteiger partial charge in [0.25, 0.3) is 0 Å². The van der Waals surface area contributed by atoms with E-state index < -0.39 is 17.8 Å². The first-order valence-corrected chi connectivity index (χ1v) is 7.33. The molecule has 2 aliphatic rings. The number of carbonyl (C=O) groups is 3. The second-order valence-corrected chi connectivity index (χ2v) is 5.40. The van der Waals surface area contributed by atoms with Crippen molar-refractivity contribution in [3.05, 3.63) is 34.8 Å². The molecular weight excluding hydrogens is 335 g/mol. The largest absolute Gasteiger partial charge is 0.466 e. The Morgan fingerprint density at radius 1 is 1.24 bits per heavy atom. The van der Waals surface area contributed by atoms with Gasteiger partial charge < -0.3 is 24.4 Å². The maximum atomic E-state index is 14.6. The van der Waals surface area contributed by atoms with Crippen molar-refractivity contribution in [1.82, 2.24) is 0 Å². The molecule has 2 heterocycles. The van der Waals surface area contributed by atoms with Gasteiger partial charge in [-0.05, 0) is 17.7 Å². The molecule has 1 amide bonds. The fourth-order valence-corrected chi connectivity index (χ4v) is 2.77. The molecule has 0 aromatic heterocycles. The van der Waals surface area contributed by atoms with Crippen molar-refractivity contribution >= 4 is 29.2 Å². The maximum absolute atomic E-state index is 14.6. The van der Waals surface area contributed by atoms with Gasteiger partial charge in [0.15, 0.2) is 0 Å². The van der Waals surface area contributed by atoms with Crippen LogP contribution in [0.25, 0.3) is 0 Å². The molecule has 1 aromatic carbocycles. The Bertz CT molecular complexity index is 804. The second kappa shape index (κ2) is 6.52. The molecule has 0 unspecified atom stereocenters. The number of halogens is 1. The number of amides is 1. The Balaban J connectivity index is 2.12. The van der Waals surface area contributed by atoms with Crippen LogP contribution in [0.2, 0.25) is 0 Å². The minimum absolute atomic E-state index is 0.0255. The van der Waals surface area contributed by atoms with E-state index in [-0.39, 0.29) is 42.6 Å². The van der Waals surface area contributed by atoms with E-state index in [1.807, 2.05) is 0 Å². The zero-order valence-electron chi connectivity index (χ0n) is 13.6. The minimum atomic E-state index is -0.826. The first-order valence-electron chi connectivity index (χ1n) is 7.33. The number of nitrogens with one attached hydrogen (secondary N) is 1. The third kappa shape index (κ3) is 2.93. The number of carbonyl (C=O) groups excluding carboxylic acids is 3. The molecule has 0 fully saturated rings. The molecule has 0 saturated heterocycles. The standard InChI is InChI=1S/C16H15FN2O6/c1-23-15(21)9-6-25-7-19(14(9)16(22)24-2)12-5-11-8(3-10(12)17)4-13(20)18-11/h3,5H,4,6-7H2,1-2H3,(H,18,20). The summed E-state index contributed by atoms with van der Waals surface area (Å²) in [5.41, 5.74) is 0.688. The van der Waals surface area contributed by atoms with E-state index in [2.05, 4.69) is 10.1 Å². The molecule has 0 bridgehead atoms. The fourth-order valence-electron chi connectivity index (χ4n) is 2.77. The van der Waals surface area contributed by atoms with Gasteiger partial charge in [0.05, 0.1) is 38.5 Å². The van der Waals surface area contributed by atoms with Gasteiger partial charge >= 0.3 is 11.9 Å². The molecule has 0 atom stereocenters. The summed E-state index contributed by atoms with van der Waals surface area (Å²) in [5.74, 6) is -2.51. The summed E-state index contributed by atoms with van der Waals surface area (Å²) >= 11 is 0. The number of hydrogen-bond donors (Lipinski definition) is 1. The lowest BCUT2D eigenvalue weighted by Gasteiger charge is -2.31. The average molecular weight is 350 g/mol. The summed E-state index contributed by atoms with van der Waals surface area (Å²) < 4.78 is 29.3. The van der Waals surface area contributed by atoms with Crippen LogP contribution in [0.15, 0.2) is 23.4 Å². The van der Waals surface area contributed by atoms with Crippen LogP contribution in [-0.2, 0) is 35.0 Å². The number of fused-ring (bicyclic) bond motifs is 1. The Labute approximate surface area is 142 Å². The smallest absolute Gasteiger partial charge is 0.355 e. The first kappa shape index (κ1) is 16.9. The highest BCUT2D eigenvalue weighted by molar-refractivity contribution is 6.04. The quantitative estimate of drug-likeness (QED) is 0.803. The molecule has 0 spiro atoms. The predicted molar refractivity (Wildman–Crippen MR) is 83.1 cm³/mol. The number of hydrogen-bond acceptors (Lipinski definition) is 7. The van der Waals surface area contributed by atoms with Crippen LogP contribution >= 0.6 is 0 Å². The Morgan fingerprint density at radius 2 is 1.96 bits per heavy atom. The number of benzene rings is 1. The van der Waals surface area contributed by atoms with Gasteiger partial charge in [-0.2, -0.15) is 0 Å². The van der Waals surface area contributed by atoms with E-state index in [0.717, 1.165) is 14.2 Å². The van der Waals surface area contributed by atoms with Crippen LogP contribution in [0.1, 0.15) is 5.56 Å². The van der Waals surface area contributed by atoms with E-state index in [1.165, 1.54) is 17.0 Å². The molecule has 8 nitrogen and oxygen atoms in total. The normalized spacial score (nSPS) is 16.4. The average Bonchev–Trinajstić information content (AvgIpc) is 2.97. The molecule has 0 saturated carbocycles. The fraction of sp³-hybridized carbons (Fsp3) is 0.312. The van der Waals surface area contributed by atoms with E-state index in [4.69, 9.17) is 9.47 Å². The van der Waals surface area contributed by atoms with Crippen molar-refractivity contribution in [2.24, 2.45) is 0 Å². The Morgan fingerprint density at radius 3 is 2.64 bits per heavy atom. The molecule has 0 aliphatic carbocycles. The molecule has 25 heavy (non-hydrogen) atoms. The maximum Gasteiger partial charge on any atom is 0.355 e. The summed E-state index contributed by atoms with van der Waals surface area (Å²) in [6.07, 6.45) is 0.0795. The monoisotopic (exact) mass is 350 g/mol. The zero-order valence-corrected chi connectivity index (χ0v) is 13.6. The Kier molecular flexibility index (Phi) is 4.41. The van der Waals surface area contributed by atoms with Crippen LogP contribution < -0.4 is 10.2 Å². The van der Waals surface area contributed by atoms with Gasteiger partial charge in [-0.15, -0.1) is 0 Å². The van der Waals surface area contributed by atoms with Gasteiger partial charge in [-0.3, -0.25) is 4.79 Å². The number of nitrogens with zero attached hydrogens (tertiary/aromatic N) is 1. The molecule has 1 N–H and O–H groups in total. The molecule has 1 aromatic rings. The van der Waals surface area contributed by atoms with Crippen LogP contribution in [0, 0.1) is 5.82 Å². The van der Waals surface area contributed by atoms with Crippen molar-refractivity contribution in [2.45, 2.75) is 6.42 Å². The van der Waals surface area contributed by atoms with E-state index in [9.17, 15) is 18.8 Å². The van der Waals surface area contributed by atoms with E-state index in [0.29, 0.717) is 11.3 Å². The molecule has 2 aliphatic heterocycles. The van der Waals surface area contributed by atoms with E-state index in [1.54, 1.807) is 0 Å². The second-order valence-electron chi connectivity index (χ2n) is 5.40. The SMILES string of the molecule is COC(=O)C1=C(C(=O)OC)N(c2cc3c(cc2F)CC(=O)N3)COC1. The highest BCUT2D eigenvalue weighted by atomic mass is 19.1. The van der Waals surface area contributed by atoms with Crippen molar-refractivity contribution < 1.29 is 33.0 Å².